The van der Waals surface area contributed by atoms with Gasteiger partial charge in [0.2, 0.25) is 0 Å². The molecule has 21 heavy (non-hydrogen) atoms. The summed E-state index contributed by atoms with van der Waals surface area (Å²) >= 11 is 0. The molecule has 1 aliphatic carbocycles. The van der Waals surface area contributed by atoms with Crippen LogP contribution in [0.4, 0.5) is 0 Å². The molecule has 112 valence electrons. The Labute approximate surface area is 128 Å². The van der Waals surface area contributed by atoms with Gasteiger partial charge in [0.25, 0.3) is 0 Å². The van der Waals surface area contributed by atoms with Gasteiger partial charge in [0.1, 0.15) is 0 Å². The van der Waals surface area contributed by atoms with E-state index in [9.17, 15) is 0 Å². The molecule has 0 bridgehead atoms. The molecule has 3 rings (SSSR count). The van der Waals surface area contributed by atoms with E-state index in [4.69, 9.17) is 0 Å². The zero-order valence-corrected chi connectivity index (χ0v) is 13.0. The van der Waals surface area contributed by atoms with Crippen LogP contribution in [0, 0.1) is 0 Å². The minimum atomic E-state index is 0.696. The SMILES string of the molecule is CCCNC1CCCCC(c2ccc3ncccc3c2)C1. The Morgan fingerprint density at radius 1 is 1.19 bits per heavy atom. The number of nitrogens with zero attached hydrogens (tertiary/aromatic N) is 1. The van der Waals surface area contributed by atoms with Crippen molar-refractivity contribution in [2.24, 2.45) is 0 Å². The van der Waals surface area contributed by atoms with E-state index in [0.717, 1.165) is 12.1 Å². The second-order valence-corrected chi connectivity index (χ2v) is 6.32. The largest absolute Gasteiger partial charge is 0.314 e. The standard InChI is InChI=1S/C19H26N2/c1-2-11-20-18-8-4-3-6-15(14-18)16-9-10-19-17(13-16)7-5-12-21-19/h5,7,9-10,12-13,15,18,20H,2-4,6,8,11,14H2,1H3. The van der Waals surface area contributed by atoms with E-state index in [1.165, 1.54) is 49.5 Å². The molecule has 0 amide bonds. The Balaban J connectivity index is 1.78. The molecule has 2 heteroatoms. The van der Waals surface area contributed by atoms with Gasteiger partial charge in [0.15, 0.2) is 0 Å². The molecule has 1 aromatic heterocycles. The maximum Gasteiger partial charge on any atom is 0.0702 e. The van der Waals surface area contributed by atoms with E-state index in [1.807, 2.05) is 12.3 Å². The minimum Gasteiger partial charge on any atom is -0.314 e. The lowest BCUT2D eigenvalue weighted by atomic mass is 9.89. The second-order valence-electron chi connectivity index (χ2n) is 6.32. The molecule has 1 aliphatic rings. The fourth-order valence-electron chi connectivity index (χ4n) is 3.55. The first kappa shape index (κ1) is 14.5. The van der Waals surface area contributed by atoms with E-state index in [0.29, 0.717) is 12.0 Å². The Morgan fingerprint density at radius 2 is 2.10 bits per heavy atom. The van der Waals surface area contributed by atoms with E-state index in [1.54, 1.807) is 0 Å². The van der Waals surface area contributed by atoms with Crippen molar-refractivity contribution in [3.63, 3.8) is 0 Å². The van der Waals surface area contributed by atoms with Gasteiger partial charge in [-0.25, -0.2) is 0 Å². The van der Waals surface area contributed by atoms with E-state index >= 15 is 0 Å². The fourth-order valence-corrected chi connectivity index (χ4v) is 3.55. The van der Waals surface area contributed by atoms with Crippen LogP contribution in [-0.4, -0.2) is 17.6 Å². The molecule has 2 nitrogen and oxygen atoms in total. The van der Waals surface area contributed by atoms with Crippen molar-refractivity contribution in [1.29, 1.82) is 0 Å². The van der Waals surface area contributed by atoms with Gasteiger partial charge in [-0.2, -0.15) is 0 Å². The zero-order valence-electron chi connectivity index (χ0n) is 13.0. The lowest BCUT2D eigenvalue weighted by Crippen LogP contribution is -2.30. The predicted octanol–water partition coefficient (Wildman–Crippen LogP) is 4.65. The molecule has 2 unspecified atom stereocenters. The highest BCUT2D eigenvalue weighted by Crippen LogP contribution is 2.33. The van der Waals surface area contributed by atoms with Crippen LogP contribution >= 0.6 is 0 Å². The molecular weight excluding hydrogens is 256 g/mol. The fraction of sp³-hybridized carbons (Fsp3) is 0.526. The number of hydrogen-bond donors (Lipinski definition) is 1. The summed E-state index contributed by atoms with van der Waals surface area (Å²) in [6.45, 7) is 3.40. The maximum atomic E-state index is 4.43. The third-order valence-electron chi connectivity index (χ3n) is 4.71. The van der Waals surface area contributed by atoms with Crippen LogP contribution in [0.2, 0.25) is 0 Å². The van der Waals surface area contributed by atoms with Gasteiger partial charge in [-0.15, -0.1) is 0 Å². The lowest BCUT2D eigenvalue weighted by Gasteiger charge is -2.21. The summed E-state index contributed by atoms with van der Waals surface area (Å²) in [5.74, 6) is 0.700. The van der Waals surface area contributed by atoms with Gasteiger partial charge in [-0.3, -0.25) is 4.98 Å². The first-order chi connectivity index (χ1) is 10.4. The van der Waals surface area contributed by atoms with Crippen molar-refractivity contribution in [1.82, 2.24) is 10.3 Å². The van der Waals surface area contributed by atoms with Gasteiger partial charge in [0.05, 0.1) is 5.52 Å². The molecule has 2 aromatic rings. The molecule has 1 saturated carbocycles. The second kappa shape index (κ2) is 7.04. The minimum absolute atomic E-state index is 0.696. The average Bonchev–Trinajstić information content (AvgIpc) is 2.78. The van der Waals surface area contributed by atoms with Crippen molar-refractivity contribution < 1.29 is 0 Å². The molecule has 0 aliphatic heterocycles. The molecule has 0 saturated heterocycles. The van der Waals surface area contributed by atoms with Crippen LogP contribution in [0.25, 0.3) is 10.9 Å². The highest BCUT2D eigenvalue weighted by molar-refractivity contribution is 5.79. The van der Waals surface area contributed by atoms with Crippen molar-refractivity contribution >= 4 is 10.9 Å². The van der Waals surface area contributed by atoms with Gasteiger partial charge in [-0.1, -0.05) is 31.9 Å². The summed E-state index contributed by atoms with van der Waals surface area (Å²) in [7, 11) is 0. The Morgan fingerprint density at radius 3 is 3.00 bits per heavy atom. The number of pyridine rings is 1. The van der Waals surface area contributed by atoms with Crippen molar-refractivity contribution in [2.75, 3.05) is 6.54 Å². The quantitative estimate of drug-likeness (QED) is 0.826. The number of nitrogens with one attached hydrogen (secondary N) is 1. The van der Waals surface area contributed by atoms with Crippen molar-refractivity contribution in [3.8, 4) is 0 Å². The van der Waals surface area contributed by atoms with Gasteiger partial charge < -0.3 is 5.32 Å². The van der Waals surface area contributed by atoms with E-state index in [-0.39, 0.29) is 0 Å². The van der Waals surface area contributed by atoms with Crippen molar-refractivity contribution in [2.45, 2.75) is 57.4 Å². The highest BCUT2D eigenvalue weighted by atomic mass is 14.9. The summed E-state index contributed by atoms with van der Waals surface area (Å²) in [5, 5.41) is 5.01. The molecule has 1 fully saturated rings. The maximum absolute atomic E-state index is 4.43. The molecule has 2 atom stereocenters. The summed E-state index contributed by atoms with van der Waals surface area (Å²) in [5.41, 5.74) is 2.61. The summed E-state index contributed by atoms with van der Waals surface area (Å²) < 4.78 is 0. The Kier molecular flexibility index (Phi) is 4.87. The van der Waals surface area contributed by atoms with Gasteiger partial charge in [-0.05, 0) is 61.9 Å². The molecule has 0 spiro atoms. The zero-order chi connectivity index (χ0) is 14.5. The van der Waals surface area contributed by atoms with Gasteiger partial charge >= 0.3 is 0 Å². The molecule has 1 heterocycles. The summed E-state index contributed by atoms with van der Waals surface area (Å²) in [6, 6.07) is 11.7. The third kappa shape index (κ3) is 3.62. The van der Waals surface area contributed by atoms with Gasteiger partial charge in [0, 0.05) is 17.6 Å². The van der Waals surface area contributed by atoms with Crippen LogP contribution in [0.15, 0.2) is 36.5 Å². The third-order valence-corrected chi connectivity index (χ3v) is 4.71. The molecular formula is C19H26N2. The Bertz CT molecular complexity index is 579. The van der Waals surface area contributed by atoms with E-state index < -0.39 is 0 Å². The number of fused-ring (bicyclic) bond motifs is 1. The highest BCUT2D eigenvalue weighted by Gasteiger charge is 2.21. The molecule has 1 N–H and O–H groups in total. The first-order valence-corrected chi connectivity index (χ1v) is 8.45. The smallest absolute Gasteiger partial charge is 0.0702 e. The molecule has 1 aromatic carbocycles. The summed E-state index contributed by atoms with van der Waals surface area (Å²) in [6.07, 6.45) is 9.78. The monoisotopic (exact) mass is 282 g/mol. The molecule has 0 radical (unpaired) electrons. The summed E-state index contributed by atoms with van der Waals surface area (Å²) in [4.78, 5) is 4.43. The topological polar surface area (TPSA) is 24.9 Å². The first-order valence-electron chi connectivity index (χ1n) is 8.45. The van der Waals surface area contributed by atoms with Crippen LogP contribution in [0.5, 0.6) is 0 Å². The predicted molar refractivity (Wildman–Crippen MR) is 89.7 cm³/mol. The van der Waals surface area contributed by atoms with Crippen LogP contribution in [0.3, 0.4) is 0 Å². The Hall–Kier alpha value is -1.41. The number of aromatic nitrogens is 1. The van der Waals surface area contributed by atoms with Crippen molar-refractivity contribution in [3.05, 3.63) is 42.1 Å². The number of hydrogen-bond acceptors (Lipinski definition) is 2. The average molecular weight is 282 g/mol. The van der Waals surface area contributed by atoms with Crippen LogP contribution in [-0.2, 0) is 0 Å². The lowest BCUT2D eigenvalue weighted by molar-refractivity contribution is 0.439. The number of rotatable bonds is 4. The normalized spacial score (nSPS) is 23.1. The van der Waals surface area contributed by atoms with E-state index in [2.05, 4.69) is 41.5 Å². The van der Waals surface area contributed by atoms with Crippen LogP contribution < -0.4 is 5.32 Å². The number of benzene rings is 1. The van der Waals surface area contributed by atoms with Crippen LogP contribution in [0.1, 0.15) is 56.9 Å².